The van der Waals surface area contributed by atoms with Crippen molar-refractivity contribution in [2.45, 2.75) is 109 Å². The van der Waals surface area contributed by atoms with Crippen LogP contribution in [0.4, 0.5) is 4.79 Å². The molecule has 0 saturated carbocycles. The van der Waals surface area contributed by atoms with Crippen LogP contribution < -0.4 is 10.6 Å². The van der Waals surface area contributed by atoms with E-state index < -0.39 is 11.7 Å². The van der Waals surface area contributed by atoms with Gasteiger partial charge < -0.3 is 20.6 Å². The zero-order valence-electron chi connectivity index (χ0n) is 18.6. The third kappa shape index (κ3) is 8.34. The van der Waals surface area contributed by atoms with E-state index in [1.165, 1.54) is 5.06 Å². The molecule has 0 spiro atoms. The summed E-state index contributed by atoms with van der Waals surface area (Å²) >= 11 is 0. The number of ether oxygens (including phenoxy) is 1. The molecule has 2 saturated heterocycles. The molecule has 0 aromatic carbocycles. The predicted molar refractivity (Wildman–Crippen MR) is 113 cm³/mol. The Hall–Kier alpha value is -1.60. The molecule has 2 heterocycles. The normalized spacial score (nSPS) is 26.4. The molecule has 0 aliphatic carbocycles. The maximum absolute atomic E-state index is 12.4. The number of hydrogen-bond acceptors (Lipinski definition) is 5. The summed E-state index contributed by atoms with van der Waals surface area (Å²) in [6, 6.07) is 0.282. The molecule has 7 heteroatoms. The van der Waals surface area contributed by atoms with Crippen LogP contribution in [-0.4, -0.2) is 52.0 Å². The van der Waals surface area contributed by atoms with Gasteiger partial charge in [-0.1, -0.05) is 32.4 Å². The van der Waals surface area contributed by atoms with Gasteiger partial charge >= 0.3 is 6.09 Å². The van der Waals surface area contributed by atoms with E-state index in [4.69, 9.17) is 4.74 Å². The highest BCUT2D eigenvalue weighted by molar-refractivity contribution is 5.77. The lowest BCUT2D eigenvalue weighted by Crippen LogP contribution is -2.55. The molecule has 7 nitrogen and oxygen atoms in total. The van der Waals surface area contributed by atoms with Gasteiger partial charge in [0.05, 0.1) is 6.04 Å². The Balaban J connectivity index is 1.81. The fourth-order valence-electron chi connectivity index (χ4n) is 4.25. The second kappa shape index (κ2) is 10.4. The Kier molecular flexibility index (Phi) is 8.52. The van der Waals surface area contributed by atoms with Gasteiger partial charge in [-0.3, -0.25) is 4.79 Å². The molecule has 29 heavy (non-hydrogen) atoms. The molecule has 3 N–H and O–H groups in total. The van der Waals surface area contributed by atoms with Crippen LogP contribution >= 0.6 is 0 Å². The van der Waals surface area contributed by atoms with Gasteiger partial charge in [-0.05, 0) is 58.8 Å². The van der Waals surface area contributed by atoms with Crippen molar-refractivity contribution in [1.82, 2.24) is 15.7 Å². The van der Waals surface area contributed by atoms with Crippen LogP contribution in [0.1, 0.15) is 79.6 Å². The molecular weight excluding hydrogens is 370 g/mol. The van der Waals surface area contributed by atoms with Gasteiger partial charge in [-0.25, -0.2) is 4.79 Å². The van der Waals surface area contributed by atoms with Crippen LogP contribution in [0.3, 0.4) is 0 Å². The SMILES string of the molecule is CC(C)C[C@@H](/C=C/CC(=O)NC1CC2CCC[C@@H](C1)N2O)NC(=O)OC(C)(C)C. The lowest BCUT2D eigenvalue weighted by Gasteiger charge is -2.45. The van der Waals surface area contributed by atoms with Gasteiger partial charge in [0.2, 0.25) is 5.91 Å². The van der Waals surface area contributed by atoms with E-state index in [-0.39, 0.29) is 36.5 Å². The molecule has 4 atom stereocenters. The topological polar surface area (TPSA) is 90.9 Å². The minimum atomic E-state index is -0.543. The van der Waals surface area contributed by atoms with E-state index in [2.05, 4.69) is 24.5 Å². The standard InChI is InChI=1S/C22H39N3O4/c1-15(2)12-16(24-21(27)29-22(3,4)5)8-6-11-20(26)23-17-13-18-9-7-10-19(14-17)25(18)28/h6,8,15-19,28H,7,9-14H2,1-5H3,(H,23,26)(H,24,27)/b8-6+/t16-,17?,18+,19?/m1/s1. The minimum absolute atomic E-state index is 0.0173. The molecule has 0 aromatic heterocycles. The zero-order valence-corrected chi connectivity index (χ0v) is 18.6. The average molecular weight is 410 g/mol. The molecule has 2 bridgehead atoms. The van der Waals surface area contributed by atoms with Crippen LogP contribution in [0, 0.1) is 5.92 Å². The van der Waals surface area contributed by atoms with E-state index >= 15 is 0 Å². The van der Waals surface area contributed by atoms with E-state index in [0.717, 1.165) is 38.5 Å². The lowest BCUT2D eigenvalue weighted by atomic mass is 9.83. The summed E-state index contributed by atoms with van der Waals surface area (Å²) in [5.41, 5.74) is -0.543. The fourth-order valence-corrected chi connectivity index (χ4v) is 4.25. The molecular formula is C22H39N3O4. The summed E-state index contributed by atoms with van der Waals surface area (Å²) in [6.45, 7) is 9.68. The Morgan fingerprint density at radius 3 is 2.38 bits per heavy atom. The predicted octanol–water partition coefficient (Wildman–Crippen LogP) is 3.76. The van der Waals surface area contributed by atoms with Gasteiger partial charge in [-0.2, -0.15) is 5.06 Å². The Labute approximate surface area is 175 Å². The number of alkyl carbamates (subject to hydrolysis) is 1. The van der Waals surface area contributed by atoms with E-state index in [0.29, 0.717) is 5.92 Å². The van der Waals surface area contributed by atoms with Gasteiger partial charge in [0.25, 0.3) is 0 Å². The monoisotopic (exact) mass is 409 g/mol. The number of nitrogens with one attached hydrogen (secondary N) is 2. The van der Waals surface area contributed by atoms with Crippen molar-refractivity contribution in [1.29, 1.82) is 0 Å². The Bertz CT molecular complexity index is 571. The summed E-state index contributed by atoms with van der Waals surface area (Å²) in [4.78, 5) is 24.4. The number of carbonyl (C=O) groups is 2. The molecule has 2 rings (SSSR count). The maximum atomic E-state index is 12.4. The highest BCUT2D eigenvalue weighted by atomic mass is 16.6. The van der Waals surface area contributed by atoms with E-state index in [1.54, 1.807) is 0 Å². The van der Waals surface area contributed by atoms with E-state index in [1.807, 2.05) is 32.9 Å². The highest BCUT2D eigenvalue weighted by Gasteiger charge is 2.37. The first-order chi connectivity index (χ1) is 13.5. The summed E-state index contributed by atoms with van der Waals surface area (Å²) in [5, 5.41) is 17.6. The number of carbonyl (C=O) groups excluding carboxylic acids is 2. The van der Waals surface area contributed by atoms with Crippen LogP contribution in [-0.2, 0) is 9.53 Å². The summed E-state index contributed by atoms with van der Waals surface area (Å²) in [6.07, 6.45) is 9.05. The molecule has 0 radical (unpaired) electrons. The van der Waals surface area contributed by atoms with Crippen LogP contribution in [0.25, 0.3) is 0 Å². The van der Waals surface area contributed by atoms with Crippen molar-refractivity contribution in [3.8, 4) is 0 Å². The number of amides is 2. The minimum Gasteiger partial charge on any atom is -0.444 e. The van der Waals surface area contributed by atoms with Gasteiger partial charge in [0.15, 0.2) is 0 Å². The number of hydroxylamine groups is 2. The number of piperidine rings is 2. The van der Waals surface area contributed by atoms with Crippen LogP contribution in [0.15, 0.2) is 12.2 Å². The quantitative estimate of drug-likeness (QED) is 0.557. The molecule has 2 aliphatic rings. The smallest absolute Gasteiger partial charge is 0.408 e. The summed E-state index contributed by atoms with van der Waals surface area (Å²) in [7, 11) is 0. The average Bonchev–Trinajstić information content (AvgIpc) is 2.53. The molecule has 2 fully saturated rings. The summed E-state index contributed by atoms with van der Waals surface area (Å²) < 4.78 is 5.33. The van der Waals surface area contributed by atoms with E-state index in [9.17, 15) is 14.8 Å². The Morgan fingerprint density at radius 2 is 1.83 bits per heavy atom. The second-order valence-electron chi connectivity index (χ2n) is 9.87. The Morgan fingerprint density at radius 1 is 1.21 bits per heavy atom. The first-order valence-electron chi connectivity index (χ1n) is 11.0. The highest BCUT2D eigenvalue weighted by Crippen LogP contribution is 2.32. The van der Waals surface area contributed by atoms with Gasteiger partial charge in [0.1, 0.15) is 5.60 Å². The fraction of sp³-hybridized carbons (Fsp3) is 0.818. The van der Waals surface area contributed by atoms with Gasteiger partial charge in [-0.15, -0.1) is 0 Å². The molecule has 166 valence electrons. The third-order valence-electron chi connectivity index (χ3n) is 5.40. The molecule has 2 aliphatic heterocycles. The van der Waals surface area contributed by atoms with Crippen LogP contribution in [0.5, 0.6) is 0 Å². The number of fused-ring (bicyclic) bond motifs is 2. The van der Waals surface area contributed by atoms with Crippen molar-refractivity contribution in [3.05, 3.63) is 12.2 Å². The van der Waals surface area contributed by atoms with Crippen molar-refractivity contribution < 1.29 is 19.5 Å². The van der Waals surface area contributed by atoms with Crippen molar-refractivity contribution in [2.24, 2.45) is 5.92 Å². The maximum Gasteiger partial charge on any atom is 0.408 e. The lowest BCUT2D eigenvalue weighted by molar-refractivity contribution is -0.198. The van der Waals surface area contributed by atoms with Crippen molar-refractivity contribution in [2.75, 3.05) is 0 Å². The number of hydrogen-bond donors (Lipinski definition) is 3. The summed E-state index contributed by atoms with van der Waals surface area (Å²) in [5.74, 6) is 0.382. The third-order valence-corrected chi connectivity index (χ3v) is 5.40. The molecule has 2 amide bonds. The van der Waals surface area contributed by atoms with Crippen LogP contribution in [0.2, 0.25) is 0 Å². The number of rotatable bonds is 7. The largest absolute Gasteiger partial charge is 0.444 e. The molecule has 0 aromatic rings. The molecule has 2 unspecified atom stereocenters. The first kappa shape index (κ1) is 23.7. The zero-order chi connectivity index (χ0) is 21.6. The first-order valence-corrected chi connectivity index (χ1v) is 11.0. The van der Waals surface area contributed by atoms with Crippen molar-refractivity contribution >= 4 is 12.0 Å². The van der Waals surface area contributed by atoms with Gasteiger partial charge in [0, 0.05) is 24.5 Å². The number of nitrogens with zero attached hydrogens (tertiary/aromatic N) is 1. The second-order valence-corrected chi connectivity index (χ2v) is 9.87. The van der Waals surface area contributed by atoms with Crippen molar-refractivity contribution in [3.63, 3.8) is 0 Å².